The molecule has 0 N–H and O–H groups in total. The van der Waals surface area contributed by atoms with Crippen molar-refractivity contribution >= 4 is 11.9 Å². The minimum atomic E-state index is -0.309. The average molecular weight is 214 g/mol. The molecule has 4 heteroatoms. The third kappa shape index (κ3) is 3.53. The molecule has 0 aliphatic carbocycles. The first-order valence-electron chi connectivity index (χ1n) is 5.49. The van der Waals surface area contributed by atoms with Crippen molar-refractivity contribution in [1.29, 1.82) is 0 Å². The van der Waals surface area contributed by atoms with Crippen LogP contribution in [0.1, 0.15) is 33.1 Å². The Kier molecular flexibility index (Phi) is 4.59. The zero-order chi connectivity index (χ0) is 11.3. The van der Waals surface area contributed by atoms with Crippen LogP contribution in [0.25, 0.3) is 0 Å². The van der Waals surface area contributed by atoms with Crippen LogP contribution in [0.4, 0.5) is 0 Å². The van der Waals surface area contributed by atoms with Crippen molar-refractivity contribution in [3.8, 4) is 0 Å². The summed E-state index contributed by atoms with van der Waals surface area (Å²) in [6, 6.07) is 0. The quantitative estimate of drug-likeness (QED) is 0.666. The van der Waals surface area contributed by atoms with E-state index in [-0.39, 0.29) is 24.3 Å². The summed E-state index contributed by atoms with van der Waals surface area (Å²) in [5.74, 6) is -0.478. The summed E-state index contributed by atoms with van der Waals surface area (Å²) in [4.78, 5) is 22.6. The molecule has 4 nitrogen and oxygen atoms in total. The van der Waals surface area contributed by atoms with E-state index in [1.165, 1.54) is 0 Å². The first kappa shape index (κ1) is 12.0. The molecular weight excluding hydrogens is 196 g/mol. The van der Waals surface area contributed by atoms with E-state index in [1.54, 1.807) is 6.92 Å². The van der Waals surface area contributed by atoms with Crippen molar-refractivity contribution < 1.29 is 19.1 Å². The fourth-order valence-electron chi connectivity index (χ4n) is 1.76. The highest BCUT2D eigenvalue weighted by molar-refractivity contribution is 5.80. The summed E-state index contributed by atoms with van der Waals surface area (Å²) in [6.45, 7) is 4.67. The van der Waals surface area contributed by atoms with Gasteiger partial charge >= 0.3 is 11.9 Å². The van der Waals surface area contributed by atoms with Crippen molar-refractivity contribution in [1.82, 2.24) is 0 Å². The largest absolute Gasteiger partial charge is 0.466 e. The van der Waals surface area contributed by atoms with Crippen LogP contribution in [0.2, 0.25) is 0 Å². The Morgan fingerprint density at radius 3 is 2.87 bits per heavy atom. The molecule has 1 fully saturated rings. The van der Waals surface area contributed by atoms with Gasteiger partial charge in [0.1, 0.15) is 0 Å². The zero-order valence-electron chi connectivity index (χ0n) is 9.32. The standard InChI is InChI=1S/C11H18O4/c1-3-8-5-9(11(13)15-7-8)6-10(12)14-4-2/h8-9H,3-7H2,1-2H3/t8-,9-/m1/s1. The molecule has 0 saturated carbocycles. The molecule has 0 aromatic heterocycles. The second-order valence-electron chi connectivity index (χ2n) is 3.85. The number of hydrogen-bond acceptors (Lipinski definition) is 4. The van der Waals surface area contributed by atoms with E-state index in [4.69, 9.17) is 9.47 Å². The average Bonchev–Trinajstić information content (AvgIpc) is 2.21. The second kappa shape index (κ2) is 5.73. The number of ether oxygens (including phenoxy) is 2. The molecule has 1 aliphatic rings. The van der Waals surface area contributed by atoms with Gasteiger partial charge in [0.2, 0.25) is 0 Å². The highest BCUT2D eigenvalue weighted by Gasteiger charge is 2.31. The Bertz CT molecular complexity index is 237. The fourth-order valence-corrected chi connectivity index (χ4v) is 1.76. The third-order valence-corrected chi connectivity index (χ3v) is 2.71. The summed E-state index contributed by atoms with van der Waals surface area (Å²) in [7, 11) is 0. The summed E-state index contributed by atoms with van der Waals surface area (Å²) < 4.78 is 9.84. The topological polar surface area (TPSA) is 52.6 Å². The lowest BCUT2D eigenvalue weighted by molar-refractivity contribution is -0.161. The summed E-state index contributed by atoms with van der Waals surface area (Å²) in [6.07, 6.45) is 1.88. The Balaban J connectivity index is 2.44. The molecule has 1 heterocycles. The first-order chi connectivity index (χ1) is 7.17. The summed E-state index contributed by atoms with van der Waals surface area (Å²) >= 11 is 0. The van der Waals surface area contributed by atoms with Gasteiger partial charge in [0.15, 0.2) is 0 Å². The Morgan fingerprint density at radius 2 is 2.27 bits per heavy atom. The van der Waals surface area contributed by atoms with Crippen molar-refractivity contribution in [2.45, 2.75) is 33.1 Å². The highest BCUT2D eigenvalue weighted by Crippen LogP contribution is 2.25. The molecule has 1 aliphatic heterocycles. The zero-order valence-corrected chi connectivity index (χ0v) is 9.32. The van der Waals surface area contributed by atoms with Crippen LogP contribution in [-0.2, 0) is 19.1 Å². The van der Waals surface area contributed by atoms with Crippen LogP contribution in [0, 0.1) is 11.8 Å². The van der Waals surface area contributed by atoms with E-state index in [0.717, 1.165) is 12.8 Å². The van der Waals surface area contributed by atoms with Crippen LogP contribution in [0.5, 0.6) is 0 Å². The second-order valence-corrected chi connectivity index (χ2v) is 3.85. The lowest BCUT2D eigenvalue weighted by Crippen LogP contribution is -2.32. The van der Waals surface area contributed by atoms with Crippen LogP contribution >= 0.6 is 0 Å². The van der Waals surface area contributed by atoms with E-state index >= 15 is 0 Å². The third-order valence-electron chi connectivity index (χ3n) is 2.71. The van der Waals surface area contributed by atoms with E-state index in [2.05, 4.69) is 6.92 Å². The number of carbonyl (C=O) groups excluding carboxylic acids is 2. The number of esters is 2. The predicted octanol–water partition coefficient (Wildman–Crippen LogP) is 1.53. The van der Waals surface area contributed by atoms with Crippen molar-refractivity contribution in [3.05, 3.63) is 0 Å². The SMILES string of the molecule is CCOC(=O)C[C@H]1C[C@@H](CC)COC1=O. The van der Waals surface area contributed by atoms with Crippen LogP contribution in [0.3, 0.4) is 0 Å². The molecule has 0 radical (unpaired) electrons. The molecule has 2 atom stereocenters. The van der Waals surface area contributed by atoms with Gasteiger partial charge in [-0.1, -0.05) is 13.3 Å². The number of rotatable bonds is 4. The maximum absolute atomic E-state index is 11.4. The lowest BCUT2D eigenvalue weighted by atomic mass is 9.89. The lowest BCUT2D eigenvalue weighted by Gasteiger charge is -2.26. The Hall–Kier alpha value is -1.06. The summed E-state index contributed by atoms with van der Waals surface area (Å²) in [5.41, 5.74) is 0. The van der Waals surface area contributed by atoms with Gasteiger partial charge in [0.25, 0.3) is 0 Å². The Morgan fingerprint density at radius 1 is 1.53 bits per heavy atom. The van der Waals surface area contributed by atoms with E-state index in [9.17, 15) is 9.59 Å². The number of hydrogen-bond donors (Lipinski definition) is 0. The molecule has 0 unspecified atom stereocenters. The van der Waals surface area contributed by atoms with Gasteiger partial charge in [0.05, 0.1) is 25.6 Å². The maximum Gasteiger partial charge on any atom is 0.309 e. The Labute approximate surface area is 89.9 Å². The molecule has 0 spiro atoms. The number of cyclic esters (lactones) is 1. The molecule has 0 bridgehead atoms. The van der Waals surface area contributed by atoms with Gasteiger partial charge in [0, 0.05) is 0 Å². The normalized spacial score (nSPS) is 25.9. The molecule has 0 aromatic carbocycles. The molecule has 1 rings (SSSR count). The van der Waals surface area contributed by atoms with Gasteiger partial charge < -0.3 is 9.47 Å². The van der Waals surface area contributed by atoms with Gasteiger partial charge in [-0.3, -0.25) is 9.59 Å². The predicted molar refractivity (Wildman–Crippen MR) is 54.1 cm³/mol. The molecule has 15 heavy (non-hydrogen) atoms. The first-order valence-corrected chi connectivity index (χ1v) is 5.49. The minimum Gasteiger partial charge on any atom is -0.466 e. The molecule has 86 valence electrons. The summed E-state index contributed by atoms with van der Waals surface area (Å²) in [5, 5.41) is 0. The maximum atomic E-state index is 11.4. The molecule has 0 amide bonds. The fraction of sp³-hybridized carbons (Fsp3) is 0.818. The van der Waals surface area contributed by atoms with Crippen LogP contribution in [-0.4, -0.2) is 25.2 Å². The van der Waals surface area contributed by atoms with Crippen molar-refractivity contribution in [2.75, 3.05) is 13.2 Å². The van der Waals surface area contributed by atoms with E-state index in [0.29, 0.717) is 19.1 Å². The van der Waals surface area contributed by atoms with Crippen molar-refractivity contribution in [3.63, 3.8) is 0 Å². The smallest absolute Gasteiger partial charge is 0.309 e. The minimum absolute atomic E-state index is 0.156. The molecule has 1 saturated heterocycles. The molecule has 0 aromatic rings. The van der Waals surface area contributed by atoms with E-state index in [1.807, 2.05) is 0 Å². The van der Waals surface area contributed by atoms with Gasteiger partial charge in [-0.25, -0.2) is 0 Å². The molecular formula is C11H18O4. The highest BCUT2D eigenvalue weighted by atomic mass is 16.5. The van der Waals surface area contributed by atoms with Crippen LogP contribution < -0.4 is 0 Å². The van der Waals surface area contributed by atoms with Gasteiger partial charge in [-0.15, -0.1) is 0 Å². The van der Waals surface area contributed by atoms with E-state index < -0.39 is 0 Å². The van der Waals surface area contributed by atoms with Crippen molar-refractivity contribution in [2.24, 2.45) is 11.8 Å². The van der Waals surface area contributed by atoms with Crippen LogP contribution in [0.15, 0.2) is 0 Å². The monoisotopic (exact) mass is 214 g/mol. The number of carbonyl (C=O) groups is 2. The van der Waals surface area contributed by atoms with Gasteiger partial charge in [-0.2, -0.15) is 0 Å². The van der Waals surface area contributed by atoms with Gasteiger partial charge in [-0.05, 0) is 19.3 Å².